The first-order valence-electron chi connectivity index (χ1n) is 5.64. The molecule has 1 amide bonds. The van der Waals surface area contributed by atoms with Gasteiger partial charge in [-0.05, 0) is 19.1 Å². The molecule has 0 radical (unpaired) electrons. The number of nitrogens with zero attached hydrogens (tertiary/aromatic N) is 2. The summed E-state index contributed by atoms with van der Waals surface area (Å²) < 4.78 is 13.5. The summed E-state index contributed by atoms with van der Waals surface area (Å²) in [7, 11) is 0. The van der Waals surface area contributed by atoms with Crippen molar-refractivity contribution in [3.63, 3.8) is 0 Å². The molecule has 0 aliphatic rings. The molecule has 0 aromatic heterocycles. The summed E-state index contributed by atoms with van der Waals surface area (Å²) in [5.74, 6) is -2.65. The Hall–Kier alpha value is -2.42. The summed E-state index contributed by atoms with van der Waals surface area (Å²) in [6, 6.07) is 6.04. The highest BCUT2D eigenvalue weighted by Gasteiger charge is 2.27. The lowest BCUT2D eigenvalue weighted by atomic mass is 10.1. The molecule has 0 fully saturated rings. The molecule has 0 saturated carbocycles. The second kappa shape index (κ2) is 6.50. The summed E-state index contributed by atoms with van der Waals surface area (Å²) in [5, 5.41) is 17.5. The molecule has 5 nitrogen and oxygen atoms in total. The molecule has 1 unspecified atom stereocenters. The van der Waals surface area contributed by atoms with Gasteiger partial charge in [0, 0.05) is 6.54 Å². The van der Waals surface area contributed by atoms with E-state index in [-0.39, 0.29) is 18.5 Å². The van der Waals surface area contributed by atoms with Gasteiger partial charge in [-0.25, -0.2) is 9.18 Å². The molecular weight excluding hydrogens is 251 g/mol. The zero-order chi connectivity index (χ0) is 14.4. The fourth-order valence-electron chi connectivity index (χ4n) is 1.56. The van der Waals surface area contributed by atoms with Gasteiger partial charge in [-0.1, -0.05) is 12.1 Å². The predicted octanol–water partition coefficient (Wildman–Crippen LogP) is 1.65. The van der Waals surface area contributed by atoms with Gasteiger partial charge in [0.1, 0.15) is 11.9 Å². The molecule has 0 spiro atoms. The van der Waals surface area contributed by atoms with Crippen molar-refractivity contribution in [3.05, 3.63) is 35.6 Å². The quantitative estimate of drug-likeness (QED) is 0.876. The SMILES string of the molecule is CC(C(=O)O)N(CCC#N)C(=O)c1ccccc1F. The molecule has 1 atom stereocenters. The average molecular weight is 264 g/mol. The number of carboxylic acid groups (broad SMARTS) is 1. The Morgan fingerprint density at radius 3 is 2.63 bits per heavy atom. The van der Waals surface area contributed by atoms with Crippen molar-refractivity contribution >= 4 is 11.9 Å². The van der Waals surface area contributed by atoms with Crippen LogP contribution < -0.4 is 0 Å². The number of rotatable bonds is 5. The number of amides is 1. The van der Waals surface area contributed by atoms with Gasteiger partial charge >= 0.3 is 5.97 Å². The maximum absolute atomic E-state index is 13.5. The van der Waals surface area contributed by atoms with Gasteiger partial charge in [-0.3, -0.25) is 4.79 Å². The van der Waals surface area contributed by atoms with Crippen LogP contribution in [-0.2, 0) is 4.79 Å². The zero-order valence-electron chi connectivity index (χ0n) is 10.3. The number of carboxylic acids is 1. The summed E-state index contributed by atoms with van der Waals surface area (Å²) in [5.41, 5.74) is -0.200. The Balaban J connectivity index is 3.04. The van der Waals surface area contributed by atoms with Crippen LogP contribution in [0.4, 0.5) is 4.39 Å². The molecule has 0 bridgehead atoms. The number of aliphatic carboxylic acids is 1. The molecule has 100 valence electrons. The second-order valence-electron chi connectivity index (χ2n) is 3.90. The maximum atomic E-state index is 13.5. The number of nitriles is 1. The van der Waals surface area contributed by atoms with Gasteiger partial charge in [-0.2, -0.15) is 5.26 Å². The lowest BCUT2D eigenvalue weighted by Gasteiger charge is -2.25. The molecule has 6 heteroatoms. The van der Waals surface area contributed by atoms with Crippen LogP contribution in [0.25, 0.3) is 0 Å². The predicted molar refractivity (Wildman–Crippen MR) is 64.8 cm³/mol. The van der Waals surface area contributed by atoms with Crippen LogP contribution >= 0.6 is 0 Å². The van der Waals surface area contributed by atoms with Gasteiger partial charge < -0.3 is 10.0 Å². The molecule has 0 saturated heterocycles. The standard InChI is InChI=1S/C13H13FN2O3/c1-9(13(18)19)16(8-4-7-15)12(17)10-5-2-3-6-11(10)14/h2-3,5-6,9H,4,8H2,1H3,(H,18,19). The van der Waals surface area contributed by atoms with Crippen LogP contribution in [0.2, 0.25) is 0 Å². The molecule has 1 aromatic carbocycles. The van der Waals surface area contributed by atoms with E-state index in [0.717, 1.165) is 11.0 Å². The van der Waals surface area contributed by atoms with Crippen LogP contribution in [-0.4, -0.2) is 34.5 Å². The number of hydrogen-bond acceptors (Lipinski definition) is 3. The minimum absolute atomic E-state index is 0.0161. The van der Waals surface area contributed by atoms with Gasteiger partial charge in [0.25, 0.3) is 5.91 Å². The van der Waals surface area contributed by atoms with E-state index < -0.39 is 23.7 Å². The minimum atomic E-state index is -1.21. The number of hydrogen-bond donors (Lipinski definition) is 1. The highest BCUT2D eigenvalue weighted by atomic mass is 19.1. The lowest BCUT2D eigenvalue weighted by Crippen LogP contribution is -2.44. The van der Waals surface area contributed by atoms with Crippen LogP contribution in [0.5, 0.6) is 0 Å². The van der Waals surface area contributed by atoms with E-state index in [0.29, 0.717) is 0 Å². The third kappa shape index (κ3) is 3.52. The van der Waals surface area contributed by atoms with Crippen molar-refractivity contribution in [1.82, 2.24) is 4.90 Å². The number of carbonyl (C=O) groups excluding carboxylic acids is 1. The van der Waals surface area contributed by atoms with Crippen molar-refractivity contribution in [3.8, 4) is 6.07 Å². The molecule has 0 heterocycles. The topological polar surface area (TPSA) is 81.4 Å². The van der Waals surface area contributed by atoms with Gasteiger partial charge in [0.2, 0.25) is 0 Å². The number of benzene rings is 1. The van der Waals surface area contributed by atoms with E-state index in [1.807, 2.05) is 6.07 Å². The van der Waals surface area contributed by atoms with Crippen molar-refractivity contribution in [2.45, 2.75) is 19.4 Å². The van der Waals surface area contributed by atoms with Crippen molar-refractivity contribution in [2.24, 2.45) is 0 Å². The summed E-state index contributed by atoms with van der Waals surface area (Å²) >= 11 is 0. The van der Waals surface area contributed by atoms with Crippen molar-refractivity contribution in [2.75, 3.05) is 6.54 Å². The van der Waals surface area contributed by atoms with Crippen molar-refractivity contribution < 1.29 is 19.1 Å². The highest BCUT2D eigenvalue weighted by Crippen LogP contribution is 2.13. The van der Waals surface area contributed by atoms with E-state index >= 15 is 0 Å². The van der Waals surface area contributed by atoms with E-state index in [1.54, 1.807) is 0 Å². The van der Waals surface area contributed by atoms with Crippen LogP contribution in [0.3, 0.4) is 0 Å². The van der Waals surface area contributed by atoms with E-state index in [4.69, 9.17) is 10.4 Å². The van der Waals surface area contributed by atoms with Crippen molar-refractivity contribution in [1.29, 1.82) is 5.26 Å². The summed E-state index contributed by atoms with van der Waals surface area (Å²) in [6.07, 6.45) is -0.0161. The third-order valence-electron chi connectivity index (χ3n) is 2.65. The van der Waals surface area contributed by atoms with Gasteiger partial charge in [0.05, 0.1) is 18.1 Å². The zero-order valence-corrected chi connectivity index (χ0v) is 10.3. The third-order valence-corrected chi connectivity index (χ3v) is 2.65. The van der Waals surface area contributed by atoms with E-state index in [1.165, 1.54) is 25.1 Å². The lowest BCUT2D eigenvalue weighted by molar-refractivity contribution is -0.141. The molecule has 0 aliphatic carbocycles. The summed E-state index contributed by atoms with van der Waals surface area (Å²) in [4.78, 5) is 24.1. The fraction of sp³-hybridized carbons (Fsp3) is 0.308. The normalized spacial score (nSPS) is 11.4. The smallest absolute Gasteiger partial charge is 0.326 e. The fourth-order valence-corrected chi connectivity index (χ4v) is 1.56. The molecule has 0 aliphatic heterocycles. The Bertz CT molecular complexity index is 525. The summed E-state index contributed by atoms with van der Waals surface area (Å²) in [6.45, 7) is 1.26. The minimum Gasteiger partial charge on any atom is -0.480 e. The Morgan fingerprint density at radius 2 is 2.11 bits per heavy atom. The first-order valence-corrected chi connectivity index (χ1v) is 5.64. The van der Waals surface area contributed by atoms with Crippen LogP contribution in [0.1, 0.15) is 23.7 Å². The van der Waals surface area contributed by atoms with E-state index in [9.17, 15) is 14.0 Å². The molecule has 1 N–H and O–H groups in total. The highest BCUT2D eigenvalue weighted by molar-refractivity contribution is 5.96. The average Bonchev–Trinajstić information content (AvgIpc) is 2.39. The van der Waals surface area contributed by atoms with Gasteiger partial charge in [-0.15, -0.1) is 0 Å². The first-order chi connectivity index (χ1) is 8.99. The molecule has 19 heavy (non-hydrogen) atoms. The number of halogens is 1. The molecular formula is C13H13FN2O3. The van der Waals surface area contributed by atoms with Crippen LogP contribution in [0, 0.1) is 17.1 Å². The first kappa shape index (κ1) is 14.6. The van der Waals surface area contributed by atoms with Crippen LogP contribution in [0.15, 0.2) is 24.3 Å². The van der Waals surface area contributed by atoms with E-state index in [2.05, 4.69) is 0 Å². The Labute approximate surface area is 109 Å². The Kier molecular flexibility index (Phi) is 5.01. The van der Waals surface area contributed by atoms with Gasteiger partial charge in [0.15, 0.2) is 0 Å². The second-order valence-corrected chi connectivity index (χ2v) is 3.90. The monoisotopic (exact) mass is 264 g/mol. The maximum Gasteiger partial charge on any atom is 0.326 e. The Morgan fingerprint density at radius 1 is 1.47 bits per heavy atom. The molecule has 1 rings (SSSR count). The largest absolute Gasteiger partial charge is 0.480 e. The number of carbonyl (C=O) groups is 2. The molecule has 1 aromatic rings.